The Morgan fingerprint density at radius 1 is 1.45 bits per heavy atom. The van der Waals surface area contributed by atoms with Crippen molar-refractivity contribution in [2.45, 2.75) is 13.8 Å². The molecule has 0 fully saturated rings. The zero-order valence-corrected chi connectivity index (χ0v) is 18.1. The minimum absolute atomic E-state index is 0.0255. The molecular weight excluding hydrogens is 465 g/mol. The fraction of sp³-hybridized carbons (Fsp3) is 0.263. The number of benzene rings is 1. The highest BCUT2D eigenvalue weighted by Crippen LogP contribution is 2.32. The van der Waals surface area contributed by atoms with Gasteiger partial charge in [-0.3, -0.25) is 9.63 Å². The second-order valence-corrected chi connectivity index (χ2v) is 8.55. The number of anilines is 2. The lowest BCUT2D eigenvalue weighted by Gasteiger charge is -2.22. The maximum Gasteiger partial charge on any atom is 0.278 e. The van der Waals surface area contributed by atoms with Gasteiger partial charge in [-0.05, 0) is 24.7 Å². The van der Waals surface area contributed by atoms with Crippen LogP contribution in [0.3, 0.4) is 0 Å². The maximum atomic E-state index is 15.2. The van der Waals surface area contributed by atoms with Gasteiger partial charge < -0.3 is 15.5 Å². The number of nitrogens with two attached hydrogens (primary N) is 1. The van der Waals surface area contributed by atoms with E-state index in [-0.39, 0.29) is 28.9 Å². The molecule has 4 N–H and O–H groups in total. The van der Waals surface area contributed by atoms with Crippen LogP contribution in [0.25, 0.3) is 5.65 Å². The number of halogens is 3. The van der Waals surface area contributed by atoms with E-state index >= 15 is 4.39 Å². The molecule has 0 aliphatic heterocycles. The molecule has 10 heteroatoms. The van der Waals surface area contributed by atoms with E-state index in [0.29, 0.717) is 17.3 Å². The van der Waals surface area contributed by atoms with Crippen LogP contribution in [-0.2, 0) is 4.84 Å². The van der Waals surface area contributed by atoms with Crippen molar-refractivity contribution in [1.29, 1.82) is 0 Å². The lowest BCUT2D eigenvalue weighted by atomic mass is 9.96. The lowest BCUT2D eigenvalue weighted by molar-refractivity contribution is -0.000775. The second kappa shape index (κ2) is 8.66. The monoisotopic (exact) mass is 483 g/mol. The highest BCUT2D eigenvalue weighted by molar-refractivity contribution is 9.10. The Morgan fingerprint density at radius 3 is 2.90 bits per heavy atom. The third-order valence-electron chi connectivity index (χ3n) is 4.24. The molecule has 0 saturated carbocycles. The molecule has 0 bridgehead atoms. The van der Waals surface area contributed by atoms with Gasteiger partial charge >= 0.3 is 0 Å². The summed E-state index contributed by atoms with van der Waals surface area (Å²) in [6, 6.07) is 5.08. The van der Waals surface area contributed by atoms with Crippen molar-refractivity contribution in [3.63, 3.8) is 0 Å². The summed E-state index contributed by atoms with van der Waals surface area (Å²) < 4.78 is 17.3. The van der Waals surface area contributed by atoms with Gasteiger partial charge in [-0.15, -0.1) is 0 Å². The van der Waals surface area contributed by atoms with E-state index < -0.39 is 11.7 Å². The van der Waals surface area contributed by atoms with Gasteiger partial charge in [-0.1, -0.05) is 41.4 Å². The zero-order chi connectivity index (χ0) is 21.2. The SMILES string of the molecule is CC(C)(CN)CONC(=O)c1cn2ccnc2c(F)c1Nc1ccc(Br)cc1Cl. The summed E-state index contributed by atoms with van der Waals surface area (Å²) in [4.78, 5) is 22.0. The van der Waals surface area contributed by atoms with Gasteiger partial charge in [0.1, 0.15) is 0 Å². The number of nitrogens with zero attached hydrogens (tertiary/aromatic N) is 2. The Kier molecular flexibility index (Phi) is 6.42. The first-order valence-electron chi connectivity index (χ1n) is 8.71. The van der Waals surface area contributed by atoms with Crippen LogP contribution in [0.15, 0.2) is 41.3 Å². The minimum Gasteiger partial charge on any atom is -0.351 e. The van der Waals surface area contributed by atoms with Crippen molar-refractivity contribution in [1.82, 2.24) is 14.9 Å². The third-order valence-corrected chi connectivity index (χ3v) is 5.04. The minimum atomic E-state index is -0.691. The van der Waals surface area contributed by atoms with Gasteiger partial charge in [-0.25, -0.2) is 14.9 Å². The summed E-state index contributed by atoms with van der Waals surface area (Å²) in [5, 5.41) is 3.26. The summed E-state index contributed by atoms with van der Waals surface area (Å²) >= 11 is 9.56. The molecule has 0 spiro atoms. The molecule has 0 atom stereocenters. The number of carbonyl (C=O) groups is 1. The molecule has 2 heterocycles. The highest BCUT2D eigenvalue weighted by atomic mass is 79.9. The molecule has 0 aliphatic rings. The molecule has 0 unspecified atom stereocenters. The number of imidazole rings is 1. The number of hydroxylamine groups is 1. The zero-order valence-electron chi connectivity index (χ0n) is 15.8. The second-order valence-electron chi connectivity index (χ2n) is 7.23. The molecule has 29 heavy (non-hydrogen) atoms. The molecule has 7 nitrogen and oxygen atoms in total. The van der Waals surface area contributed by atoms with Crippen molar-refractivity contribution in [2.75, 3.05) is 18.5 Å². The Bertz CT molecular complexity index is 1060. The fourth-order valence-electron chi connectivity index (χ4n) is 2.45. The molecular formula is C19H20BrClFN5O2. The smallest absolute Gasteiger partial charge is 0.278 e. The van der Waals surface area contributed by atoms with E-state index in [1.807, 2.05) is 13.8 Å². The topological polar surface area (TPSA) is 93.7 Å². The van der Waals surface area contributed by atoms with Gasteiger partial charge in [0.05, 0.1) is 28.6 Å². The number of nitrogens with one attached hydrogen (secondary N) is 2. The van der Waals surface area contributed by atoms with E-state index in [1.54, 1.807) is 24.4 Å². The Balaban J connectivity index is 1.95. The number of hydrogen-bond donors (Lipinski definition) is 3. The number of fused-ring (bicyclic) bond motifs is 1. The van der Waals surface area contributed by atoms with Gasteiger partial charge in [0.2, 0.25) is 0 Å². The Morgan fingerprint density at radius 2 is 2.21 bits per heavy atom. The number of carbonyl (C=O) groups excluding carboxylic acids is 1. The van der Waals surface area contributed by atoms with Crippen LogP contribution in [0.4, 0.5) is 15.8 Å². The van der Waals surface area contributed by atoms with E-state index in [9.17, 15) is 4.79 Å². The number of hydrogen-bond acceptors (Lipinski definition) is 5. The Hall–Kier alpha value is -2.20. The van der Waals surface area contributed by atoms with Crippen molar-refractivity contribution in [3.05, 3.63) is 57.7 Å². The summed E-state index contributed by atoms with van der Waals surface area (Å²) in [5.74, 6) is -1.31. The van der Waals surface area contributed by atoms with Gasteiger partial charge in [-0.2, -0.15) is 0 Å². The standard InChI is InChI=1S/C19H20BrClFN5O2/c1-19(2,9-23)10-29-26-18(28)12-8-27-6-5-24-17(27)15(22)16(12)25-14-4-3-11(20)7-13(14)21/h3-8,25H,9-10,23H2,1-2H3,(H,26,28). The number of aromatic nitrogens is 2. The van der Waals surface area contributed by atoms with Crippen molar-refractivity contribution < 1.29 is 14.0 Å². The maximum absolute atomic E-state index is 15.2. The van der Waals surface area contributed by atoms with Crippen molar-refractivity contribution in [2.24, 2.45) is 11.1 Å². The van der Waals surface area contributed by atoms with Crippen LogP contribution in [0.2, 0.25) is 5.02 Å². The largest absolute Gasteiger partial charge is 0.351 e. The van der Waals surface area contributed by atoms with Crippen molar-refractivity contribution in [3.8, 4) is 0 Å². The van der Waals surface area contributed by atoms with Crippen LogP contribution in [0.1, 0.15) is 24.2 Å². The summed E-state index contributed by atoms with van der Waals surface area (Å²) in [7, 11) is 0. The number of rotatable bonds is 7. The molecule has 2 aromatic heterocycles. The Labute approximate surface area is 180 Å². The predicted molar refractivity (Wildman–Crippen MR) is 114 cm³/mol. The normalized spacial score (nSPS) is 11.7. The van der Waals surface area contributed by atoms with Gasteiger partial charge in [0, 0.05) is 28.5 Å². The van der Waals surface area contributed by atoms with E-state index in [0.717, 1.165) is 4.47 Å². The summed E-state index contributed by atoms with van der Waals surface area (Å²) in [6.07, 6.45) is 4.45. The van der Waals surface area contributed by atoms with Crippen LogP contribution >= 0.6 is 27.5 Å². The molecule has 154 valence electrons. The summed E-state index contributed by atoms with van der Waals surface area (Å²) in [6.45, 7) is 4.39. The van der Waals surface area contributed by atoms with Crippen LogP contribution in [0.5, 0.6) is 0 Å². The van der Waals surface area contributed by atoms with Gasteiger partial charge in [0.15, 0.2) is 11.5 Å². The first-order valence-corrected chi connectivity index (χ1v) is 9.88. The number of amides is 1. The van der Waals surface area contributed by atoms with E-state index in [4.69, 9.17) is 22.2 Å². The predicted octanol–water partition coefficient (Wildman–Crippen LogP) is 4.28. The average Bonchev–Trinajstić information content (AvgIpc) is 3.14. The van der Waals surface area contributed by atoms with Crippen LogP contribution in [-0.4, -0.2) is 28.4 Å². The average molecular weight is 485 g/mol. The van der Waals surface area contributed by atoms with Crippen LogP contribution in [0, 0.1) is 11.2 Å². The third kappa shape index (κ3) is 4.87. The molecule has 0 radical (unpaired) electrons. The van der Waals surface area contributed by atoms with Crippen LogP contribution < -0.4 is 16.5 Å². The molecule has 1 amide bonds. The molecule has 0 aliphatic carbocycles. The molecule has 0 saturated heterocycles. The van der Waals surface area contributed by atoms with Gasteiger partial charge in [0.25, 0.3) is 5.91 Å². The first kappa shape index (κ1) is 21.5. The first-order chi connectivity index (χ1) is 13.7. The molecule has 3 aromatic rings. The van der Waals surface area contributed by atoms with E-state index in [2.05, 4.69) is 31.7 Å². The quantitative estimate of drug-likeness (QED) is 0.435. The van der Waals surface area contributed by atoms with Crippen molar-refractivity contribution >= 4 is 50.5 Å². The highest BCUT2D eigenvalue weighted by Gasteiger charge is 2.22. The fourth-order valence-corrected chi connectivity index (χ4v) is 3.17. The summed E-state index contributed by atoms with van der Waals surface area (Å²) in [5.41, 5.74) is 8.16. The molecule has 1 aromatic carbocycles. The lowest BCUT2D eigenvalue weighted by Crippen LogP contribution is -2.34. The number of pyridine rings is 1. The molecule has 3 rings (SSSR count). The van der Waals surface area contributed by atoms with E-state index in [1.165, 1.54) is 16.8 Å².